The molecule has 0 fully saturated rings. The molecule has 126 valence electrons. The smallest absolute Gasteiger partial charge is 0.171 e. The second kappa shape index (κ2) is 8.15. The van der Waals surface area contributed by atoms with Crippen LogP contribution in [0.25, 0.3) is 0 Å². The summed E-state index contributed by atoms with van der Waals surface area (Å²) in [5, 5.41) is 7.84. The van der Waals surface area contributed by atoms with Crippen LogP contribution in [0.5, 0.6) is 0 Å². The Morgan fingerprint density at radius 1 is 0.880 bits per heavy atom. The van der Waals surface area contributed by atoms with E-state index in [0.717, 1.165) is 16.8 Å². The number of halogens is 1. The first-order valence-electron chi connectivity index (χ1n) is 8.06. The Kier molecular flexibility index (Phi) is 5.69. The van der Waals surface area contributed by atoms with E-state index in [0.29, 0.717) is 10.1 Å². The number of thiocarbonyl (C=S) groups is 1. The lowest BCUT2D eigenvalue weighted by Gasteiger charge is -2.22. The van der Waals surface area contributed by atoms with Gasteiger partial charge in [0.25, 0.3) is 0 Å². The quantitative estimate of drug-likeness (QED) is 0.577. The van der Waals surface area contributed by atoms with Gasteiger partial charge in [-0.25, -0.2) is 0 Å². The summed E-state index contributed by atoms with van der Waals surface area (Å²) in [6, 6.07) is 26.2. The molecule has 4 heteroatoms. The van der Waals surface area contributed by atoms with Gasteiger partial charge in [-0.1, -0.05) is 77.8 Å². The van der Waals surface area contributed by atoms with Crippen molar-refractivity contribution in [1.29, 1.82) is 0 Å². The molecule has 0 spiro atoms. The molecule has 2 N–H and O–H groups in total. The maximum atomic E-state index is 6.04. The molecule has 3 aromatic rings. The second-order valence-electron chi connectivity index (χ2n) is 5.86. The fourth-order valence-corrected chi connectivity index (χ4v) is 3.05. The van der Waals surface area contributed by atoms with Crippen molar-refractivity contribution in [2.75, 3.05) is 5.32 Å². The summed E-state index contributed by atoms with van der Waals surface area (Å²) < 4.78 is 0. The molecular weight excluding hydrogens is 348 g/mol. The monoisotopic (exact) mass is 366 g/mol. The Bertz CT molecular complexity index is 847. The van der Waals surface area contributed by atoms with Crippen molar-refractivity contribution in [1.82, 2.24) is 5.32 Å². The minimum absolute atomic E-state index is 0.0269. The summed E-state index contributed by atoms with van der Waals surface area (Å²) in [5.74, 6) is 0. The minimum atomic E-state index is -0.0269. The van der Waals surface area contributed by atoms with Gasteiger partial charge in [-0.15, -0.1) is 0 Å². The fraction of sp³-hybridized carbons (Fsp3) is 0.0952. The van der Waals surface area contributed by atoms with Gasteiger partial charge in [-0.05, 0) is 48.5 Å². The summed E-state index contributed by atoms with van der Waals surface area (Å²) in [7, 11) is 0. The van der Waals surface area contributed by atoms with Gasteiger partial charge in [0.2, 0.25) is 0 Å². The van der Waals surface area contributed by atoms with Crippen molar-refractivity contribution >= 4 is 34.6 Å². The molecule has 3 rings (SSSR count). The van der Waals surface area contributed by atoms with Crippen molar-refractivity contribution in [3.63, 3.8) is 0 Å². The topological polar surface area (TPSA) is 24.1 Å². The lowest BCUT2D eigenvalue weighted by Crippen LogP contribution is -2.33. The molecule has 1 unspecified atom stereocenters. The van der Waals surface area contributed by atoms with Crippen LogP contribution in [0, 0.1) is 6.92 Å². The number of aryl methyl sites for hydroxylation is 1. The van der Waals surface area contributed by atoms with Gasteiger partial charge in [-0.2, -0.15) is 0 Å². The van der Waals surface area contributed by atoms with E-state index < -0.39 is 0 Å². The normalized spacial score (nSPS) is 11.6. The van der Waals surface area contributed by atoms with Crippen LogP contribution >= 0.6 is 23.8 Å². The third-order valence-corrected chi connectivity index (χ3v) is 4.36. The predicted octanol–water partition coefficient (Wildman–Crippen LogP) is 5.72. The molecule has 0 aliphatic carbocycles. The van der Waals surface area contributed by atoms with Gasteiger partial charge in [0.1, 0.15) is 0 Å². The maximum Gasteiger partial charge on any atom is 0.171 e. The van der Waals surface area contributed by atoms with Crippen LogP contribution in [-0.4, -0.2) is 5.11 Å². The number of rotatable bonds is 4. The number of nitrogens with one attached hydrogen (secondary N) is 2. The van der Waals surface area contributed by atoms with Crippen LogP contribution in [0.2, 0.25) is 5.02 Å². The zero-order valence-corrected chi connectivity index (χ0v) is 15.4. The molecule has 2 nitrogen and oxygen atoms in total. The molecule has 25 heavy (non-hydrogen) atoms. The van der Waals surface area contributed by atoms with Crippen LogP contribution in [-0.2, 0) is 0 Å². The molecule has 0 aliphatic rings. The first-order chi connectivity index (χ1) is 12.1. The summed E-state index contributed by atoms with van der Waals surface area (Å²) in [6.45, 7) is 2.08. The van der Waals surface area contributed by atoms with E-state index in [1.807, 2.05) is 42.5 Å². The van der Waals surface area contributed by atoms with Crippen molar-refractivity contribution < 1.29 is 0 Å². The largest absolute Gasteiger partial charge is 0.352 e. The standard InChI is InChI=1S/C21H19ClN2S/c1-15-10-12-17(13-11-15)20(16-6-3-2-4-7-16)24-21(25)23-19-9-5-8-18(22)14-19/h2-14,20H,1H3,(H2,23,24,25). The van der Waals surface area contributed by atoms with Crippen LogP contribution in [0.3, 0.4) is 0 Å². The maximum absolute atomic E-state index is 6.04. The van der Waals surface area contributed by atoms with Gasteiger partial charge in [-0.3, -0.25) is 0 Å². The van der Waals surface area contributed by atoms with Crippen molar-refractivity contribution in [3.05, 3.63) is 101 Å². The highest BCUT2D eigenvalue weighted by Crippen LogP contribution is 2.23. The van der Waals surface area contributed by atoms with Crippen LogP contribution in [0.4, 0.5) is 5.69 Å². The number of hydrogen-bond acceptors (Lipinski definition) is 1. The number of hydrogen-bond donors (Lipinski definition) is 2. The molecule has 0 radical (unpaired) electrons. The Morgan fingerprint density at radius 3 is 2.24 bits per heavy atom. The Hall–Kier alpha value is -2.36. The molecule has 1 atom stereocenters. The molecule has 0 bridgehead atoms. The lowest BCUT2D eigenvalue weighted by atomic mass is 9.98. The van der Waals surface area contributed by atoms with Crippen molar-refractivity contribution in [2.24, 2.45) is 0 Å². The van der Waals surface area contributed by atoms with Crippen molar-refractivity contribution in [2.45, 2.75) is 13.0 Å². The van der Waals surface area contributed by atoms with Gasteiger partial charge >= 0.3 is 0 Å². The lowest BCUT2D eigenvalue weighted by molar-refractivity contribution is 0.768. The molecule has 0 aromatic heterocycles. The van der Waals surface area contributed by atoms with Crippen LogP contribution < -0.4 is 10.6 Å². The van der Waals surface area contributed by atoms with Crippen LogP contribution in [0.15, 0.2) is 78.9 Å². The van der Waals surface area contributed by atoms with Gasteiger partial charge in [0.15, 0.2) is 5.11 Å². The molecule has 0 aliphatic heterocycles. The highest BCUT2D eigenvalue weighted by molar-refractivity contribution is 7.80. The molecular formula is C21H19ClN2S. The third-order valence-electron chi connectivity index (χ3n) is 3.90. The van der Waals surface area contributed by atoms with E-state index in [2.05, 4.69) is 54.0 Å². The first kappa shape index (κ1) is 17.5. The van der Waals surface area contributed by atoms with E-state index in [-0.39, 0.29) is 6.04 Å². The second-order valence-corrected chi connectivity index (χ2v) is 6.71. The zero-order chi connectivity index (χ0) is 17.6. The third kappa shape index (κ3) is 4.81. The molecule has 3 aromatic carbocycles. The highest BCUT2D eigenvalue weighted by Gasteiger charge is 2.15. The Labute approximate surface area is 158 Å². The molecule has 0 heterocycles. The molecule has 0 amide bonds. The van der Waals surface area contributed by atoms with E-state index in [9.17, 15) is 0 Å². The SMILES string of the molecule is Cc1ccc(C(NC(=S)Nc2cccc(Cl)c2)c2ccccc2)cc1. The summed E-state index contributed by atoms with van der Waals surface area (Å²) >= 11 is 11.6. The van der Waals surface area contributed by atoms with E-state index >= 15 is 0 Å². The molecule has 0 saturated heterocycles. The predicted molar refractivity (Wildman–Crippen MR) is 110 cm³/mol. The fourth-order valence-electron chi connectivity index (χ4n) is 2.63. The number of benzene rings is 3. The van der Waals surface area contributed by atoms with E-state index in [1.54, 1.807) is 0 Å². The average Bonchev–Trinajstić information content (AvgIpc) is 2.61. The Morgan fingerprint density at radius 2 is 1.56 bits per heavy atom. The van der Waals surface area contributed by atoms with E-state index in [4.69, 9.17) is 23.8 Å². The minimum Gasteiger partial charge on any atom is -0.352 e. The van der Waals surface area contributed by atoms with Gasteiger partial charge in [0, 0.05) is 10.7 Å². The number of anilines is 1. The highest BCUT2D eigenvalue weighted by atomic mass is 35.5. The Balaban J connectivity index is 1.82. The van der Waals surface area contributed by atoms with Gasteiger partial charge in [0.05, 0.1) is 6.04 Å². The van der Waals surface area contributed by atoms with Crippen molar-refractivity contribution in [3.8, 4) is 0 Å². The summed E-state index contributed by atoms with van der Waals surface area (Å²) in [5.41, 5.74) is 4.41. The first-order valence-corrected chi connectivity index (χ1v) is 8.85. The molecule has 0 saturated carbocycles. The van der Waals surface area contributed by atoms with Crippen LogP contribution in [0.1, 0.15) is 22.7 Å². The average molecular weight is 367 g/mol. The van der Waals surface area contributed by atoms with Gasteiger partial charge < -0.3 is 10.6 Å². The summed E-state index contributed by atoms with van der Waals surface area (Å²) in [4.78, 5) is 0. The van der Waals surface area contributed by atoms with E-state index in [1.165, 1.54) is 5.56 Å². The summed E-state index contributed by atoms with van der Waals surface area (Å²) in [6.07, 6.45) is 0. The zero-order valence-electron chi connectivity index (χ0n) is 13.9.